The summed E-state index contributed by atoms with van der Waals surface area (Å²) in [5, 5.41) is 3.31. The molecule has 0 aliphatic carbocycles. The Kier molecular flexibility index (Phi) is 6.08. The van der Waals surface area contributed by atoms with E-state index in [-0.39, 0.29) is 6.54 Å². The molecule has 19 heavy (non-hydrogen) atoms. The second-order valence-corrected chi connectivity index (χ2v) is 5.08. The van der Waals surface area contributed by atoms with Gasteiger partial charge in [0.25, 0.3) is 6.43 Å². The zero-order chi connectivity index (χ0) is 14.4. The van der Waals surface area contributed by atoms with Crippen LogP contribution in [0.4, 0.5) is 14.7 Å². The Morgan fingerprint density at radius 3 is 2.58 bits per heavy atom. The van der Waals surface area contributed by atoms with E-state index in [0.717, 1.165) is 17.8 Å². The molecule has 4 nitrogen and oxygen atoms in total. The molecule has 0 saturated carbocycles. The van der Waals surface area contributed by atoms with Crippen molar-refractivity contribution < 1.29 is 8.78 Å². The van der Waals surface area contributed by atoms with Gasteiger partial charge >= 0.3 is 0 Å². The Labute approximate surface area is 113 Å². The minimum atomic E-state index is -2.39. The van der Waals surface area contributed by atoms with Gasteiger partial charge in [-0.25, -0.2) is 18.7 Å². The number of hydrogen-bond acceptors (Lipinski definition) is 4. The lowest BCUT2D eigenvalue weighted by atomic mass is 10.2. The number of anilines is 1. The maximum Gasteiger partial charge on any atom is 0.255 e. The van der Waals surface area contributed by atoms with Crippen molar-refractivity contribution in [2.24, 2.45) is 5.92 Å². The lowest BCUT2D eigenvalue weighted by Crippen LogP contribution is -2.26. The Balaban J connectivity index is 2.63. The van der Waals surface area contributed by atoms with E-state index in [0.29, 0.717) is 18.4 Å². The minimum absolute atomic E-state index is 0.338. The highest BCUT2D eigenvalue weighted by Gasteiger charge is 2.12. The van der Waals surface area contributed by atoms with Gasteiger partial charge in [-0.05, 0) is 19.4 Å². The first-order valence-corrected chi connectivity index (χ1v) is 6.42. The van der Waals surface area contributed by atoms with Crippen molar-refractivity contribution in [2.75, 3.05) is 25.0 Å². The summed E-state index contributed by atoms with van der Waals surface area (Å²) in [6, 6.07) is 0. The fourth-order valence-electron chi connectivity index (χ4n) is 1.62. The third-order valence-corrected chi connectivity index (χ3v) is 2.69. The first-order valence-electron chi connectivity index (χ1n) is 6.42. The molecule has 6 heteroatoms. The molecule has 0 fully saturated rings. The van der Waals surface area contributed by atoms with E-state index in [9.17, 15) is 8.78 Å². The molecule has 0 amide bonds. The van der Waals surface area contributed by atoms with Gasteiger partial charge in [0.15, 0.2) is 0 Å². The highest BCUT2D eigenvalue weighted by Crippen LogP contribution is 2.11. The van der Waals surface area contributed by atoms with E-state index in [1.165, 1.54) is 4.90 Å². The SMILES string of the molecule is Cc1nc(N(C)CC(F)F)ncc1CNCC(C)C. The number of alkyl halides is 2. The van der Waals surface area contributed by atoms with Crippen LogP contribution in [-0.4, -0.2) is 36.5 Å². The van der Waals surface area contributed by atoms with Gasteiger partial charge in [0, 0.05) is 31.0 Å². The molecule has 0 spiro atoms. The monoisotopic (exact) mass is 272 g/mol. The number of nitrogens with one attached hydrogen (secondary N) is 1. The predicted octanol–water partition coefficient (Wildman–Crippen LogP) is 2.23. The van der Waals surface area contributed by atoms with Crippen molar-refractivity contribution >= 4 is 5.95 Å². The molecule has 1 aromatic heterocycles. The summed E-state index contributed by atoms with van der Waals surface area (Å²) in [7, 11) is 1.57. The Morgan fingerprint density at radius 1 is 1.37 bits per heavy atom. The third kappa shape index (κ3) is 5.46. The molecular weight excluding hydrogens is 250 g/mol. The molecule has 0 aliphatic rings. The Morgan fingerprint density at radius 2 is 2.05 bits per heavy atom. The van der Waals surface area contributed by atoms with Crippen LogP contribution in [0.15, 0.2) is 6.20 Å². The summed E-state index contributed by atoms with van der Waals surface area (Å²) in [6.07, 6.45) is -0.686. The van der Waals surface area contributed by atoms with Gasteiger partial charge in [0.05, 0.1) is 6.54 Å². The number of halogens is 2. The van der Waals surface area contributed by atoms with E-state index in [1.807, 2.05) is 6.92 Å². The highest BCUT2D eigenvalue weighted by atomic mass is 19.3. The van der Waals surface area contributed by atoms with Gasteiger partial charge in [-0.2, -0.15) is 0 Å². The Hall–Kier alpha value is -1.30. The van der Waals surface area contributed by atoms with Gasteiger partial charge in [-0.1, -0.05) is 13.8 Å². The standard InChI is InChI=1S/C13H22F2N4/c1-9(2)5-16-6-11-7-17-13(18-10(11)3)19(4)8-12(14)15/h7,9,12,16H,5-6,8H2,1-4H3. The zero-order valence-electron chi connectivity index (χ0n) is 12.0. The topological polar surface area (TPSA) is 41.1 Å². The summed E-state index contributed by atoms with van der Waals surface area (Å²) in [6.45, 7) is 7.41. The number of aromatic nitrogens is 2. The van der Waals surface area contributed by atoms with Crippen molar-refractivity contribution in [3.63, 3.8) is 0 Å². The molecule has 1 heterocycles. The predicted molar refractivity (Wildman–Crippen MR) is 72.6 cm³/mol. The average Bonchev–Trinajstić information content (AvgIpc) is 2.29. The van der Waals surface area contributed by atoms with E-state index in [1.54, 1.807) is 13.2 Å². The molecule has 0 bridgehead atoms. The van der Waals surface area contributed by atoms with E-state index >= 15 is 0 Å². The lowest BCUT2D eigenvalue weighted by Gasteiger charge is -2.17. The van der Waals surface area contributed by atoms with Crippen LogP contribution in [-0.2, 0) is 6.54 Å². The van der Waals surface area contributed by atoms with Crippen LogP contribution in [0.5, 0.6) is 0 Å². The highest BCUT2D eigenvalue weighted by molar-refractivity contribution is 5.31. The molecule has 0 aromatic carbocycles. The van der Waals surface area contributed by atoms with E-state index < -0.39 is 6.43 Å². The van der Waals surface area contributed by atoms with Crippen molar-refractivity contribution in [3.05, 3.63) is 17.5 Å². The lowest BCUT2D eigenvalue weighted by molar-refractivity contribution is 0.156. The van der Waals surface area contributed by atoms with E-state index in [4.69, 9.17) is 0 Å². The van der Waals surface area contributed by atoms with Crippen LogP contribution < -0.4 is 10.2 Å². The fourth-order valence-corrected chi connectivity index (χ4v) is 1.62. The quantitative estimate of drug-likeness (QED) is 0.826. The molecule has 0 atom stereocenters. The summed E-state index contributed by atoms with van der Waals surface area (Å²) < 4.78 is 24.6. The van der Waals surface area contributed by atoms with Crippen LogP contribution in [0.2, 0.25) is 0 Å². The zero-order valence-corrected chi connectivity index (χ0v) is 12.0. The fraction of sp³-hybridized carbons (Fsp3) is 0.692. The van der Waals surface area contributed by atoms with Gasteiger partial charge in [0.2, 0.25) is 5.95 Å². The van der Waals surface area contributed by atoms with Crippen LogP contribution in [0.1, 0.15) is 25.1 Å². The maximum absolute atomic E-state index is 12.3. The molecule has 1 N–H and O–H groups in total. The molecule has 0 aliphatic heterocycles. The molecule has 1 rings (SSSR count). The van der Waals surface area contributed by atoms with Gasteiger partial charge < -0.3 is 10.2 Å². The van der Waals surface area contributed by atoms with Crippen molar-refractivity contribution in [1.82, 2.24) is 15.3 Å². The van der Waals surface area contributed by atoms with Gasteiger partial charge in [-0.15, -0.1) is 0 Å². The van der Waals surface area contributed by atoms with Crippen LogP contribution in [0.3, 0.4) is 0 Å². The number of rotatable bonds is 7. The summed E-state index contributed by atoms with van der Waals surface area (Å²) in [4.78, 5) is 9.76. The third-order valence-electron chi connectivity index (χ3n) is 2.69. The van der Waals surface area contributed by atoms with Crippen molar-refractivity contribution in [1.29, 1.82) is 0 Å². The molecule has 108 valence electrons. The van der Waals surface area contributed by atoms with E-state index in [2.05, 4.69) is 29.1 Å². The normalized spacial score (nSPS) is 11.4. The van der Waals surface area contributed by atoms with Crippen LogP contribution in [0.25, 0.3) is 0 Å². The van der Waals surface area contributed by atoms with Crippen molar-refractivity contribution in [3.8, 4) is 0 Å². The first kappa shape index (κ1) is 15.8. The molecule has 0 unspecified atom stereocenters. The van der Waals surface area contributed by atoms with Gasteiger partial charge in [-0.3, -0.25) is 0 Å². The number of aryl methyl sites for hydroxylation is 1. The Bertz CT molecular complexity index is 396. The first-order chi connectivity index (χ1) is 8.90. The largest absolute Gasteiger partial charge is 0.338 e. The molecular formula is C13H22F2N4. The van der Waals surface area contributed by atoms with Crippen LogP contribution in [0, 0.1) is 12.8 Å². The second kappa shape index (κ2) is 7.33. The molecule has 1 aromatic rings. The number of hydrogen-bond donors (Lipinski definition) is 1. The molecule has 0 saturated heterocycles. The minimum Gasteiger partial charge on any atom is -0.338 e. The molecule has 0 radical (unpaired) electrons. The van der Waals surface area contributed by atoms with Gasteiger partial charge in [0.1, 0.15) is 0 Å². The number of nitrogens with zero attached hydrogens (tertiary/aromatic N) is 3. The van der Waals surface area contributed by atoms with Crippen LogP contribution >= 0.6 is 0 Å². The summed E-state index contributed by atoms with van der Waals surface area (Å²) >= 11 is 0. The van der Waals surface area contributed by atoms with Crippen molar-refractivity contribution in [2.45, 2.75) is 33.7 Å². The maximum atomic E-state index is 12.3. The summed E-state index contributed by atoms with van der Waals surface area (Å²) in [5.74, 6) is 0.920. The smallest absolute Gasteiger partial charge is 0.255 e. The second-order valence-electron chi connectivity index (χ2n) is 5.08. The average molecular weight is 272 g/mol. The summed E-state index contributed by atoms with van der Waals surface area (Å²) in [5.41, 5.74) is 1.82.